The molecule has 1 aromatic carbocycles. The molecule has 5 heteroatoms. The summed E-state index contributed by atoms with van der Waals surface area (Å²) in [4.78, 5) is 21.2. The van der Waals surface area contributed by atoms with Crippen molar-refractivity contribution in [3.05, 3.63) is 35.9 Å². The number of carbonyl (C=O) groups is 2. The molecule has 3 unspecified atom stereocenters. The Morgan fingerprint density at radius 1 is 1.26 bits per heavy atom. The largest absolute Gasteiger partial charge is 0.465 e. The molecule has 3 atom stereocenters. The molecule has 0 N–H and O–H groups in total. The van der Waals surface area contributed by atoms with Crippen LogP contribution >= 0.6 is 0 Å². The highest BCUT2D eigenvalue weighted by molar-refractivity contribution is 5.58. The summed E-state index contributed by atoms with van der Waals surface area (Å²) in [5.41, 5.74) is 1.05. The first-order valence-corrected chi connectivity index (χ1v) is 6.07. The van der Waals surface area contributed by atoms with E-state index in [1.54, 1.807) is 6.92 Å². The van der Waals surface area contributed by atoms with Gasteiger partial charge in [0, 0.05) is 6.42 Å². The van der Waals surface area contributed by atoms with Crippen molar-refractivity contribution in [1.82, 2.24) is 0 Å². The lowest BCUT2D eigenvalue weighted by molar-refractivity contribution is -0.166. The zero-order valence-corrected chi connectivity index (χ0v) is 10.7. The van der Waals surface area contributed by atoms with E-state index in [1.165, 1.54) is 0 Å². The molecule has 5 nitrogen and oxygen atoms in total. The fourth-order valence-electron chi connectivity index (χ4n) is 2.21. The monoisotopic (exact) mass is 264 g/mol. The Morgan fingerprint density at radius 3 is 2.63 bits per heavy atom. The molecular weight excluding hydrogens is 248 g/mol. The van der Waals surface area contributed by atoms with E-state index in [-0.39, 0.29) is 6.61 Å². The molecule has 0 radical (unpaired) electrons. The van der Waals surface area contributed by atoms with E-state index in [0.29, 0.717) is 19.2 Å². The van der Waals surface area contributed by atoms with Gasteiger partial charge in [-0.05, 0) is 12.5 Å². The highest BCUT2D eigenvalue weighted by atomic mass is 16.8. The molecule has 1 fully saturated rings. The van der Waals surface area contributed by atoms with Gasteiger partial charge in [0.2, 0.25) is 0 Å². The maximum absolute atomic E-state index is 11.0. The van der Waals surface area contributed by atoms with E-state index in [1.807, 2.05) is 30.3 Å². The average Bonchev–Trinajstić information content (AvgIpc) is 2.73. The Kier molecular flexibility index (Phi) is 4.29. The molecule has 0 spiro atoms. The van der Waals surface area contributed by atoms with Crippen LogP contribution in [-0.4, -0.2) is 37.4 Å². The van der Waals surface area contributed by atoms with Crippen molar-refractivity contribution < 1.29 is 23.8 Å². The highest BCUT2D eigenvalue weighted by Crippen LogP contribution is 2.31. The van der Waals surface area contributed by atoms with Crippen LogP contribution in [0.4, 0.5) is 0 Å². The molecule has 0 bridgehead atoms. The Bertz CT molecular complexity index is 433. The minimum atomic E-state index is -0.885. The molecular formula is C14H16O5. The topological polar surface area (TPSA) is 61.8 Å². The first-order valence-electron chi connectivity index (χ1n) is 6.07. The van der Waals surface area contributed by atoms with Gasteiger partial charge in [-0.15, -0.1) is 0 Å². The van der Waals surface area contributed by atoms with Gasteiger partial charge >= 0.3 is 0 Å². The molecule has 0 saturated carbocycles. The van der Waals surface area contributed by atoms with Gasteiger partial charge in [-0.3, -0.25) is 4.79 Å². The van der Waals surface area contributed by atoms with Crippen LogP contribution in [0.25, 0.3) is 0 Å². The molecule has 0 amide bonds. The zero-order valence-electron chi connectivity index (χ0n) is 10.7. The highest BCUT2D eigenvalue weighted by Gasteiger charge is 2.44. The second-order valence-electron chi connectivity index (χ2n) is 4.60. The van der Waals surface area contributed by atoms with Gasteiger partial charge in [-0.1, -0.05) is 30.3 Å². The number of rotatable bonds is 6. The van der Waals surface area contributed by atoms with Gasteiger partial charge < -0.3 is 19.0 Å². The van der Waals surface area contributed by atoms with Crippen molar-refractivity contribution in [3.8, 4) is 0 Å². The lowest BCUT2D eigenvalue weighted by Crippen LogP contribution is -2.30. The van der Waals surface area contributed by atoms with E-state index in [4.69, 9.17) is 9.47 Å². The van der Waals surface area contributed by atoms with Gasteiger partial charge in [-0.25, -0.2) is 0 Å². The molecule has 102 valence electrons. The number of ether oxygens (including phenoxy) is 3. The third kappa shape index (κ3) is 3.39. The predicted octanol–water partition coefficient (Wildman–Crippen LogP) is 1.10. The first-order chi connectivity index (χ1) is 9.17. The van der Waals surface area contributed by atoms with Crippen molar-refractivity contribution in [3.63, 3.8) is 0 Å². The van der Waals surface area contributed by atoms with Crippen LogP contribution in [0, 0.1) is 0 Å². The van der Waals surface area contributed by atoms with Crippen molar-refractivity contribution in [2.75, 3.05) is 6.61 Å². The Labute approximate surface area is 111 Å². The molecule has 2 rings (SSSR count). The third-order valence-corrected chi connectivity index (χ3v) is 2.98. The maximum atomic E-state index is 11.0. The summed E-state index contributed by atoms with van der Waals surface area (Å²) in [5, 5.41) is 0. The summed E-state index contributed by atoms with van der Waals surface area (Å²) in [6.07, 6.45) is -0.0738. The number of hydrogen-bond acceptors (Lipinski definition) is 5. The summed E-state index contributed by atoms with van der Waals surface area (Å²) < 4.78 is 16.0. The van der Waals surface area contributed by atoms with Crippen molar-refractivity contribution in [1.29, 1.82) is 0 Å². The third-order valence-electron chi connectivity index (χ3n) is 2.98. The number of carbonyl (C=O) groups excluding carboxylic acids is 2. The van der Waals surface area contributed by atoms with Crippen molar-refractivity contribution in [2.45, 2.75) is 31.3 Å². The molecule has 1 aliphatic heterocycles. The maximum Gasteiger partial charge on any atom is 0.293 e. The molecule has 1 aromatic rings. The number of hydrogen-bond donors (Lipinski definition) is 0. The van der Waals surface area contributed by atoms with Crippen LogP contribution in [0.5, 0.6) is 0 Å². The SMILES string of the molecule is CC1(Cc2ccccc2)OC(C=O)C(COC=O)O1. The van der Waals surface area contributed by atoms with Crippen LogP contribution in [0.2, 0.25) is 0 Å². The first kappa shape index (κ1) is 13.7. The van der Waals surface area contributed by atoms with Gasteiger partial charge in [0.05, 0.1) is 0 Å². The Balaban J connectivity index is 2.04. The summed E-state index contributed by atoms with van der Waals surface area (Å²) in [7, 11) is 0. The molecule has 0 aliphatic carbocycles. The van der Waals surface area contributed by atoms with Crippen molar-refractivity contribution in [2.24, 2.45) is 0 Å². The normalized spacial score (nSPS) is 29.9. The van der Waals surface area contributed by atoms with E-state index in [0.717, 1.165) is 5.56 Å². The van der Waals surface area contributed by atoms with Crippen molar-refractivity contribution >= 4 is 12.8 Å². The standard InChI is InChI=1S/C14H16O5/c1-14(7-11-5-3-2-4-6-11)18-12(8-15)13(19-14)9-17-10-16/h2-6,8,10,12-13H,7,9H2,1H3. The fraction of sp³-hybridized carbons (Fsp3) is 0.429. The zero-order chi connectivity index (χ0) is 13.7. The second-order valence-corrected chi connectivity index (χ2v) is 4.60. The molecule has 1 heterocycles. The van der Waals surface area contributed by atoms with Gasteiger partial charge in [-0.2, -0.15) is 0 Å². The number of benzene rings is 1. The van der Waals surface area contributed by atoms with Crippen LogP contribution in [0.15, 0.2) is 30.3 Å². The quantitative estimate of drug-likeness (QED) is 0.720. The lowest BCUT2D eigenvalue weighted by Gasteiger charge is -2.23. The molecule has 1 aliphatic rings. The van der Waals surface area contributed by atoms with E-state index < -0.39 is 18.0 Å². The fourth-order valence-corrected chi connectivity index (χ4v) is 2.21. The minimum Gasteiger partial charge on any atom is -0.465 e. The van der Waals surface area contributed by atoms with E-state index >= 15 is 0 Å². The van der Waals surface area contributed by atoms with Gasteiger partial charge in [0.1, 0.15) is 18.8 Å². The van der Waals surface area contributed by atoms with Gasteiger partial charge in [0.25, 0.3) is 6.47 Å². The summed E-state index contributed by atoms with van der Waals surface area (Å²) in [6.45, 7) is 2.12. The predicted molar refractivity (Wildman–Crippen MR) is 66.4 cm³/mol. The molecule has 0 aromatic heterocycles. The Hall–Kier alpha value is -1.72. The number of aldehydes is 1. The molecule has 19 heavy (non-hydrogen) atoms. The lowest BCUT2D eigenvalue weighted by atomic mass is 10.1. The van der Waals surface area contributed by atoms with E-state index in [9.17, 15) is 9.59 Å². The summed E-state index contributed by atoms with van der Waals surface area (Å²) in [5.74, 6) is -0.885. The Morgan fingerprint density at radius 2 is 2.00 bits per heavy atom. The van der Waals surface area contributed by atoms with Crippen LogP contribution < -0.4 is 0 Å². The van der Waals surface area contributed by atoms with Crippen LogP contribution in [0.3, 0.4) is 0 Å². The smallest absolute Gasteiger partial charge is 0.293 e. The summed E-state index contributed by atoms with van der Waals surface area (Å²) >= 11 is 0. The minimum absolute atomic E-state index is 0.0112. The second kappa shape index (κ2) is 5.95. The van der Waals surface area contributed by atoms with Crippen LogP contribution in [0.1, 0.15) is 12.5 Å². The molecule has 1 saturated heterocycles. The summed E-state index contributed by atoms with van der Waals surface area (Å²) in [6, 6.07) is 9.71. The van der Waals surface area contributed by atoms with Crippen LogP contribution in [-0.2, 0) is 30.2 Å². The van der Waals surface area contributed by atoms with Gasteiger partial charge in [0.15, 0.2) is 12.1 Å². The van der Waals surface area contributed by atoms with E-state index in [2.05, 4.69) is 4.74 Å². The average molecular weight is 264 g/mol.